The van der Waals surface area contributed by atoms with Gasteiger partial charge >= 0.3 is 5.97 Å². The van der Waals surface area contributed by atoms with Crippen molar-refractivity contribution in [3.8, 4) is 0 Å². The second-order valence-corrected chi connectivity index (χ2v) is 2.22. The molecule has 0 radical (unpaired) electrons. The predicted molar refractivity (Wildman–Crippen MR) is 41.4 cm³/mol. The summed E-state index contributed by atoms with van der Waals surface area (Å²) in [6, 6.07) is -0.716. The van der Waals surface area contributed by atoms with Crippen molar-refractivity contribution in [3.05, 3.63) is 12.8 Å². The van der Waals surface area contributed by atoms with E-state index >= 15 is 0 Å². The van der Waals surface area contributed by atoms with Crippen molar-refractivity contribution < 1.29 is 11.3 Å². The van der Waals surface area contributed by atoms with Crippen LogP contribution in [0.25, 0.3) is 0 Å². The molecule has 0 saturated carbocycles. The number of nitrogens with one attached hydrogen (secondary N) is 1. The maximum Gasteiger partial charge on any atom is 0.327 e. The molecule has 0 rings (SSSR count). The van der Waals surface area contributed by atoms with E-state index in [-0.39, 0.29) is 5.75 Å². The van der Waals surface area contributed by atoms with Crippen LogP contribution in [0.4, 0.5) is 0 Å². The molecular weight excluding hydrogens is 152 g/mol. The van der Waals surface area contributed by atoms with Crippen LogP contribution in [0.15, 0.2) is 12.8 Å². The van der Waals surface area contributed by atoms with Gasteiger partial charge in [0.1, 0.15) is 6.04 Å². The summed E-state index contributed by atoms with van der Waals surface area (Å²) in [6.45, 7) is 0.983. The van der Waals surface area contributed by atoms with Crippen molar-refractivity contribution >= 4 is 17.9 Å². The van der Waals surface area contributed by atoms with Crippen LogP contribution < -0.4 is 10.5 Å². The number of nitrogens with two attached hydrogens (primary N) is 1. The van der Waals surface area contributed by atoms with Gasteiger partial charge in [-0.2, -0.15) is 0 Å². The minimum absolute atomic E-state index is 0.277. The molecule has 4 N–H and O–H groups in total. The number of carboxylic acid groups (broad SMARTS) is 1. The monoisotopic (exact) mass is 163 g/mol. The Balaban J connectivity index is 3.79. The van der Waals surface area contributed by atoms with Gasteiger partial charge in [-0.25, -0.2) is 4.79 Å². The first-order valence-electron chi connectivity index (χ1n) is 3.14. The van der Waals surface area contributed by atoms with E-state index < -0.39 is 12.0 Å². The Labute approximate surface area is 65.0 Å². The van der Waals surface area contributed by atoms with Crippen LogP contribution in [0.1, 0.15) is 1.37 Å². The van der Waals surface area contributed by atoms with Gasteiger partial charge < -0.3 is 10.4 Å². The third kappa shape index (κ3) is 3.37. The summed E-state index contributed by atoms with van der Waals surface area (Å²) >= 11 is 0.950. The first-order chi connectivity index (χ1) is 5.22. The molecule has 0 aromatic heterocycles. The van der Waals surface area contributed by atoms with Gasteiger partial charge in [0.05, 0.1) is 1.37 Å². The Morgan fingerprint density at radius 3 is 3.30 bits per heavy atom. The lowest BCUT2D eigenvalue weighted by Crippen LogP contribution is -2.35. The van der Waals surface area contributed by atoms with Crippen LogP contribution in [0.5, 0.6) is 0 Å². The number of rotatable bonds is 5. The lowest BCUT2D eigenvalue weighted by Gasteiger charge is -2.08. The molecule has 0 aromatic carbocycles. The number of hydrogen-bond acceptors (Lipinski definition) is 4. The molecule has 0 aliphatic heterocycles. The van der Waals surface area contributed by atoms with Crippen molar-refractivity contribution in [1.82, 2.24) is 5.32 Å². The molecule has 0 aromatic rings. The van der Waals surface area contributed by atoms with Gasteiger partial charge in [0.15, 0.2) is 0 Å². The average molecular weight is 163 g/mol. The molecule has 0 amide bonds. The molecule has 0 saturated heterocycles. The first kappa shape index (κ1) is 7.43. The molecule has 0 fully saturated rings. The maximum atomic E-state index is 10.4. The smallest absolute Gasteiger partial charge is 0.327 e. The molecule has 0 spiro atoms. The molecular formula is C5H10N2O2S. The summed E-state index contributed by atoms with van der Waals surface area (Å²) in [5.41, 5.74) is 0. The lowest BCUT2D eigenvalue weighted by molar-refractivity contribution is -0.138. The number of hydrogen-bond donors (Lipinski definition) is 3. The van der Waals surface area contributed by atoms with E-state index in [0.29, 0.717) is 0 Å². The summed E-state index contributed by atoms with van der Waals surface area (Å²) in [4.78, 5) is 10.4. The minimum atomic E-state index is -0.971. The fraction of sp³-hybridized carbons (Fsp3) is 0.400. The highest BCUT2D eigenvalue weighted by Crippen LogP contribution is 1.93. The molecule has 4 nitrogen and oxygen atoms in total. The van der Waals surface area contributed by atoms with Gasteiger partial charge in [0.25, 0.3) is 0 Å². The summed E-state index contributed by atoms with van der Waals surface area (Å²) in [7, 11) is 0. The van der Waals surface area contributed by atoms with Crippen molar-refractivity contribution in [3.63, 3.8) is 0 Å². The molecule has 0 aliphatic rings. The highest BCUT2D eigenvalue weighted by atomic mass is 32.2. The van der Waals surface area contributed by atoms with Crippen molar-refractivity contribution in [2.45, 2.75) is 6.04 Å². The topological polar surface area (TPSA) is 75.3 Å². The Hall–Kier alpha value is -0.680. The van der Waals surface area contributed by atoms with E-state index in [1.54, 1.807) is 0 Å². The van der Waals surface area contributed by atoms with Crippen molar-refractivity contribution in [2.24, 2.45) is 5.14 Å². The van der Waals surface area contributed by atoms with Crippen LogP contribution in [0.2, 0.25) is 0 Å². The van der Waals surface area contributed by atoms with Gasteiger partial charge in [0.2, 0.25) is 0 Å². The second-order valence-electron chi connectivity index (χ2n) is 1.56. The zero-order valence-electron chi connectivity index (χ0n) is 6.28. The van der Waals surface area contributed by atoms with Gasteiger partial charge in [-0.15, -0.1) is 0 Å². The van der Waals surface area contributed by atoms with Crippen LogP contribution >= 0.6 is 11.9 Å². The standard InChI is InChI=1S/C5H10N2O2S/c1-2-7-4(3-10-6)5(8)9/h2,4,7H,1,3,6H2,(H,8,9)/t4-/m0/s1/i1D. The number of carboxylic acids is 1. The fourth-order valence-electron chi connectivity index (χ4n) is 0.403. The molecule has 10 heavy (non-hydrogen) atoms. The van der Waals surface area contributed by atoms with Gasteiger partial charge in [0, 0.05) is 5.75 Å². The number of carbonyl (C=O) groups is 1. The van der Waals surface area contributed by atoms with Crippen LogP contribution in [-0.4, -0.2) is 22.9 Å². The molecule has 58 valence electrons. The fourth-order valence-corrected chi connectivity index (χ4v) is 0.834. The Morgan fingerprint density at radius 2 is 2.90 bits per heavy atom. The minimum Gasteiger partial charge on any atom is -0.480 e. The van der Waals surface area contributed by atoms with E-state index in [1.165, 1.54) is 6.20 Å². The van der Waals surface area contributed by atoms with Gasteiger partial charge in [-0.05, 0) is 6.20 Å². The zero-order chi connectivity index (χ0) is 8.69. The van der Waals surface area contributed by atoms with E-state index in [9.17, 15) is 4.79 Å². The van der Waals surface area contributed by atoms with Crippen molar-refractivity contribution in [2.75, 3.05) is 5.75 Å². The quantitative estimate of drug-likeness (QED) is 0.488. The zero-order valence-corrected chi connectivity index (χ0v) is 6.10. The lowest BCUT2D eigenvalue weighted by atomic mass is 10.3. The SMILES string of the molecule is [2H]C=CN[C@@H](CSN)C(=O)O. The van der Waals surface area contributed by atoms with Gasteiger partial charge in [-0.3, -0.25) is 5.14 Å². The highest BCUT2D eigenvalue weighted by Gasteiger charge is 2.13. The van der Waals surface area contributed by atoms with Crippen molar-refractivity contribution in [1.29, 1.82) is 0 Å². The van der Waals surface area contributed by atoms with Crippen LogP contribution in [0.3, 0.4) is 0 Å². The summed E-state index contributed by atoms with van der Waals surface area (Å²) in [5.74, 6) is -0.694. The average Bonchev–Trinajstić information content (AvgIpc) is 1.97. The molecule has 5 heteroatoms. The molecule has 0 heterocycles. The third-order valence-electron chi connectivity index (χ3n) is 0.858. The summed E-state index contributed by atoms with van der Waals surface area (Å²) in [6.07, 6.45) is 1.26. The third-order valence-corrected chi connectivity index (χ3v) is 1.38. The van der Waals surface area contributed by atoms with Gasteiger partial charge in [-0.1, -0.05) is 18.5 Å². The van der Waals surface area contributed by atoms with E-state index in [1.807, 2.05) is 0 Å². The Bertz CT molecular complexity index is 153. The number of aliphatic carboxylic acids is 1. The summed E-state index contributed by atoms with van der Waals surface area (Å²) in [5, 5.41) is 16.1. The maximum absolute atomic E-state index is 10.4. The molecule has 0 unspecified atom stereocenters. The normalized spacial score (nSPS) is 14.7. The molecule has 0 bridgehead atoms. The van der Waals surface area contributed by atoms with Crippen LogP contribution in [0, 0.1) is 0 Å². The Kier molecular flexibility index (Phi) is 3.81. The predicted octanol–water partition coefficient (Wildman–Crippen LogP) is -0.220. The Morgan fingerprint density at radius 1 is 2.20 bits per heavy atom. The van der Waals surface area contributed by atoms with E-state index in [4.69, 9.17) is 11.6 Å². The molecule has 0 aliphatic carbocycles. The van der Waals surface area contributed by atoms with E-state index in [0.717, 1.165) is 18.5 Å². The first-order valence-corrected chi connectivity index (χ1v) is 3.61. The largest absolute Gasteiger partial charge is 0.480 e. The highest BCUT2D eigenvalue weighted by molar-refractivity contribution is 7.97. The van der Waals surface area contributed by atoms with E-state index in [2.05, 4.69) is 5.32 Å². The van der Waals surface area contributed by atoms with Crippen LogP contribution in [-0.2, 0) is 4.79 Å². The molecule has 1 atom stereocenters. The summed E-state index contributed by atoms with van der Waals surface area (Å²) < 4.78 is 6.60. The second kappa shape index (κ2) is 5.13.